The van der Waals surface area contributed by atoms with Crippen LogP contribution in [0.3, 0.4) is 0 Å². The molecule has 13 heavy (non-hydrogen) atoms. The highest BCUT2D eigenvalue weighted by Gasteiger charge is 2.34. The molecule has 0 spiro atoms. The molecule has 2 atom stereocenters. The Bertz CT molecular complexity index is 208. The quantitative estimate of drug-likeness (QED) is 0.379. The van der Waals surface area contributed by atoms with Gasteiger partial charge in [0.2, 0.25) is 0 Å². The van der Waals surface area contributed by atoms with E-state index in [1.807, 2.05) is 6.92 Å². The largest absolute Gasteiger partial charge is 0.458 e. The van der Waals surface area contributed by atoms with Gasteiger partial charge >= 0.3 is 5.97 Å². The monoisotopic (exact) mass is 182 g/mol. The summed E-state index contributed by atoms with van der Waals surface area (Å²) >= 11 is 0. The van der Waals surface area contributed by atoms with Gasteiger partial charge in [-0.1, -0.05) is 33.3 Å². The van der Waals surface area contributed by atoms with E-state index < -0.39 is 0 Å². The van der Waals surface area contributed by atoms with Crippen molar-refractivity contribution >= 4 is 5.97 Å². The number of hydrogen-bond acceptors (Lipinski definition) is 2. The lowest BCUT2D eigenvalue weighted by Gasteiger charge is -2.12. The third-order valence-electron chi connectivity index (χ3n) is 2.72. The molecule has 2 nitrogen and oxygen atoms in total. The summed E-state index contributed by atoms with van der Waals surface area (Å²) in [6.07, 6.45) is 4.64. The van der Waals surface area contributed by atoms with E-state index in [0.29, 0.717) is 5.57 Å². The second-order valence-electron chi connectivity index (χ2n) is 3.75. The zero-order chi connectivity index (χ0) is 9.84. The summed E-state index contributed by atoms with van der Waals surface area (Å²) in [5, 5.41) is 0. The number of hydrogen-bond donors (Lipinski definition) is 0. The summed E-state index contributed by atoms with van der Waals surface area (Å²) in [5.74, 6) is 0.0124. The molecule has 1 heterocycles. The molecule has 0 radical (unpaired) electrons. The molecule has 1 aliphatic rings. The van der Waals surface area contributed by atoms with E-state index in [2.05, 4.69) is 13.5 Å². The molecule has 0 aromatic heterocycles. The summed E-state index contributed by atoms with van der Waals surface area (Å²) < 4.78 is 5.19. The third-order valence-corrected chi connectivity index (χ3v) is 2.72. The van der Waals surface area contributed by atoms with Gasteiger partial charge in [0, 0.05) is 11.5 Å². The highest BCUT2D eigenvalue weighted by Crippen LogP contribution is 2.29. The van der Waals surface area contributed by atoms with Crippen molar-refractivity contribution in [2.75, 3.05) is 0 Å². The lowest BCUT2D eigenvalue weighted by molar-refractivity contribution is -0.139. The van der Waals surface area contributed by atoms with Crippen molar-refractivity contribution in [2.45, 2.75) is 45.6 Å². The van der Waals surface area contributed by atoms with Crippen LogP contribution in [0.1, 0.15) is 39.5 Å². The zero-order valence-electron chi connectivity index (χ0n) is 8.51. The minimum Gasteiger partial charge on any atom is -0.458 e. The smallest absolute Gasteiger partial charge is 0.334 e. The van der Waals surface area contributed by atoms with Crippen molar-refractivity contribution in [3.63, 3.8) is 0 Å². The minimum atomic E-state index is -0.200. The fourth-order valence-corrected chi connectivity index (χ4v) is 1.63. The lowest BCUT2D eigenvalue weighted by atomic mass is 9.96. The van der Waals surface area contributed by atoms with Gasteiger partial charge in [-0.15, -0.1) is 0 Å². The SMILES string of the molecule is C=C1C(=O)O[C@@H](CCCCC)[C@H]1C. The molecule has 1 saturated heterocycles. The highest BCUT2D eigenvalue weighted by atomic mass is 16.6. The molecule has 1 rings (SSSR count). The Labute approximate surface area is 80.0 Å². The Morgan fingerprint density at radius 3 is 2.62 bits per heavy atom. The summed E-state index contributed by atoms with van der Waals surface area (Å²) in [6.45, 7) is 7.91. The molecular formula is C11H18O2. The Hall–Kier alpha value is -0.790. The molecule has 0 unspecified atom stereocenters. The van der Waals surface area contributed by atoms with Crippen LogP contribution < -0.4 is 0 Å². The first-order valence-electron chi connectivity index (χ1n) is 5.06. The number of esters is 1. The standard InChI is InChI=1S/C11H18O2/c1-4-5-6-7-10-8(2)9(3)11(12)13-10/h8,10H,3-7H2,1-2H3/t8-,10-/m0/s1. The number of unbranched alkanes of at least 4 members (excludes halogenated alkanes) is 2. The van der Waals surface area contributed by atoms with Crippen LogP contribution in [0.5, 0.6) is 0 Å². The predicted molar refractivity (Wildman–Crippen MR) is 52.3 cm³/mol. The topological polar surface area (TPSA) is 26.3 Å². The number of cyclic esters (lactones) is 1. The molecule has 0 aliphatic carbocycles. The van der Waals surface area contributed by atoms with E-state index in [1.165, 1.54) is 12.8 Å². The fourth-order valence-electron chi connectivity index (χ4n) is 1.63. The van der Waals surface area contributed by atoms with Gasteiger partial charge in [0.25, 0.3) is 0 Å². The van der Waals surface area contributed by atoms with Gasteiger partial charge < -0.3 is 4.74 Å². The van der Waals surface area contributed by atoms with Crippen molar-refractivity contribution in [2.24, 2.45) is 5.92 Å². The number of rotatable bonds is 4. The van der Waals surface area contributed by atoms with Crippen LogP contribution in [0.25, 0.3) is 0 Å². The van der Waals surface area contributed by atoms with Crippen LogP contribution in [0.4, 0.5) is 0 Å². The van der Waals surface area contributed by atoms with Gasteiger partial charge in [0.1, 0.15) is 6.10 Å². The molecule has 0 aromatic carbocycles. The minimum absolute atomic E-state index is 0.0894. The second-order valence-corrected chi connectivity index (χ2v) is 3.75. The van der Waals surface area contributed by atoms with E-state index >= 15 is 0 Å². The zero-order valence-corrected chi connectivity index (χ0v) is 8.51. The van der Waals surface area contributed by atoms with Crippen LogP contribution >= 0.6 is 0 Å². The molecule has 0 N–H and O–H groups in total. The van der Waals surface area contributed by atoms with Crippen LogP contribution in [0, 0.1) is 5.92 Å². The molecule has 74 valence electrons. The van der Waals surface area contributed by atoms with Crippen LogP contribution in [-0.2, 0) is 9.53 Å². The van der Waals surface area contributed by atoms with Gasteiger partial charge in [-0.05, 0) is 12.8 Å². The van der Waals surface area contributed by atoms with Crippen molar-refractivity contribution in [1.29, 1.82) is 0 Å². The van der Waals surface area contributed by atoms with Crippen molar-refractivity contribution in [1.82, 2.24) is 0 Å². The first kappa shape index (κ1) is 10.3. The predicted octanol–water partition coefficient (Wildman–Crippen LogP) is 2.68. The maximum Gasteiger partial charge on any atom is 0.334 e. The third kappa shape index (κ3) is 2.33. The molecule has 0 amide bonds. The van der Waals surface area contributed by atoms with Gasteiger partial charge in [0.15, 0.2) is 0 Å². The van der Waals surface area contributed by atoms with Crippen molar-refractivity contribution in [3.05, 3.63) is 12.2 Å². The average molecular weight is 182 g/mol. The van der Waals surface area contributed by atoms with Crippen LogP contribution in [-0.4, -0.2) is 12.1 Å². The van der Waals surface area contributed by atoms with Gasteiger partial charge in [-0.3, -0.25) is 0 Å². The Kier molecular flexibility index (Phi) is 3.52. The van der Waals surface area contributed by atoms with E-state index in [4.69, 9.17) is 4.74 Å². The summed E-state index contributed by atoms with van der Waals surface area (Å²) in [5.41, 5.74) is 0.640. The second kappa shape index (κ2) is 4.45. The van der Waals surface area contributed by atoms with E-state index in [0.717, 1.165) is 12.8 Å². The van der Waals surface area contributed by atoms with Gasteiger partial charge in [-0.25, -0.2) is 4.79 Å². The Morgan fingerprint density at radius 1 is 1.46 bits per heavy atom. The summed E-state index contributed by atoms with van der Waals surface area (Å²) in [7, 11) is 0. The maximum atomic E-state index is 11.1. The summed E-state index contributed by atoms with van der Waals surface area (Å²) in [6, 6.07) is 0. The van der Waals surface area contributed by atoms with Crippen molar-refractivity contribution in [3.8, 4) is 0 Å². The number of carbonyl (C=O) groups is 1. The normalized spacial score (nSPS) is 27.8. The maximum absolute atomic E-state index is 11.1. The molecule has 1 aliphatic heterocycles. The first-order valence-corrected chi connectivity index (χ1v) is 5.06. The molecule has 2 heteroatoms. The fraction of sp³-hybridized carbons (Fsp3) is 0.727. The number of ether oxygens (including phenoxy) is 1. The molecule has 0 saturated carbocycles. The van der Waals surface area contributed by atoms with Gasteiger partial charge in [-0.2, -0.15) is 0 Å². The van der Waals surface area contributed by atoms with Gasteiger partial charge in [0.05, 0.1) is 0 Å². The van der Waals surface area contributed by atoms with Crippen molar-refractivity contribution < 1.29 is 9.53 Å². The lowest BCUT2D eigenvalue weighted by Crippen LogP contribution is -2.13. The van der Waals surface area contributed by atoms with Crippen LogP contribution in [0.15, 0.2) is 12.2 Å². The Balaban J connectivity index is 2.36. The van der Waals surface area contributed by atoms with E-state index in [9.17, 15) is 4.79 Å². The molecule has 0 bridgehead atoms. The Morgan fingerprint density at radius 2 is 2.15 bits per heavy atom. The van der Waals surface area contributed by atoms with E-state index in [1.54, 1.807) is 0 Å². The average Bonchev–Trinajstić information content (AvgIpc) is 2.34. The van der Waals surface area contributed by atoms with Crippen LogP contribution in [0.2, 0.25) is 0 Å². The highest BCUT2D eigenvalue weighted by molar-refractivity contribution is 5.90. The van der Waals surface area contributed by atoms with E-state index in [-0.39, 0.29) is 18.0 Å². The first-order chi connectivity index (χ1) is 6.16. The summed E-state index contributed by atoms with van der Waals surface area (Å²) in [4.78, 5) is 11.1. The molecule has 1 fully saturated rings. The molecule has 0 aromatic rings. The molecular weight excluding hydrogens is 164 g/mol. The number of carbonyl (C=O) groups excluding carboxylic acids is 1.